The van der Waals surface area contributed by atoms with E-state index in [1.165, 1.54) is 5.56 Å². The van der Waals surface area contributed by atoms with Crippen LogP contribution in [0, 0.1) is 13.8 Å². The number of anilines is 1. The topological polar surface area (TPSA) is 72.0 Å². The van der Waals surface area contributed by atoms with Crippen molar-refractivity contribution in [1.29, 1.82) is 0 Å². The van der Waals surface area contributed by atoms with Gasteiger partial charge < -0.3 is 14.8 Å². The number of hydrazone groups is 1. The molecule has 2 N–H and O–H groups in total. The molecule has 3 aromatic rings. The van der Waals surface area contributed by atoms with Crippen LogP contribution in [0.15, 0.2) is 70.2 Å². The van der Waals surface area contributed by atoms with Crippen LogP contribution in [0.3, 0.4) is 0 Å². The van der Waals surface area contributed by atoms with Crippen molar-refractivity contribution in [2.75, 3.05) is 11.9 Å². The Labute approximate surface area is 196 Å². The fourth-order valence-corrected chi connectivity index (χ4v) is 3.25. The summed E-state index contributed by atoms with van der Waals surface area (Å²) in [6.45, 7) is 6.88. The molecule has 0 fully saturated rings. The Balaban J connectivity index is 1.60. The summed E-state index contributed by atoms with van der Waals surface area (Å²) in [6, 6.07) is 18.8. The van der Waals surface area contributed by atoms with Gasteiger partial charge in [-0.05, 0) is 73.9 Å². The Morgan fingerprint density at radius 2 is 1.88 bits per heavy atom. The molecule has 0 bridgehead atoms. The van der Waals surface area contributed by atoms with Crippen molar-refractivity contribution in [2.24, 2.45) is 5.10 Å². The number of ether oxygens (including phenoxy) is 2. The first-order valence-electron chi connectivity index (χ1n) is 10.3. The summed E-state index contributed by atoms with van der Waals surface area (Å²) in [5.74, 6) is 1.28. The summed E-state index contributed by atoms with van der Waals surface area (Å²) in [6.07, 6.45) is 1.55. The average Bonchev–Trinajstić information content (AvgIpc) is 2.76. The van der Waals surface area contributed by atoms with Crippen LogP contribution in [-0.4, -0.2) is 18.9 Å². The number of aryl methyl sites for hydroxylation is 2. The maximum Gasteiger partial charge on any atom is 0.339 e. The van der Waals surface area contributed by atoms with Gasteiger partial charge in [0.05, 0.1) is 12.8 Å². The summed E-state index contributed by atoms with van der Waals surface area (Å²) in [7, 11) is 0. The summed E-state index contributed by atoms with van der Waals surface area (Å²) >= 11 is 3.44. The van der Waals surface area contributed by atoms with Gasteiger partial charge in [0.1, 0.15) is 6.61 Å². The van der Waals surface area contributed by atoms with Crippen LogP contribution in [0.25, 0.3) is 0 Å². The number of amides is 2. The number of carbonyl (C=O) groups is 1. The van der Waals surface area contributed by atoms with Gasteiger partial charge >= 0.3 is 6.03 Å². The quantitative estimate of drug-likeness (QED) is 0.288. The number of nitrogens with one attached hydrogen (secondary N) is 2. The van der Waals surface area contributed by atoms with Gasteiger partial charge in [-0.3, -0.25) is 0 Å². The first-order valence-corrected chi connectivity index (χ1v) is 11.1. The van der Waals surface area contributed by atoms with E-state index in [1.807, 2.05) is 62.4 Å². The van der Waals surface area contributed by atoms with E-state index >= 15 is 0 Å². The van der Waals surface area contributed by atoms with Gasteiger partial charge in [0, 0.05) is 10.2 Å². The molecule has 0 spiro atoms. The van der Waals surface area contributed by atoms with Crippen molar-refractivity contribution in [3.63, 3.8) is 0 Å². The van der Waals surface area contributed by atoms with E-state index < -0.39 is 6.03 Å². The van der Waals surface area contributed by atoms with Gasteiger partial charge in [-0.2, -0.15) is 5.10 Å². The third kappa shape index (κ3) is 6.85. The van der Waals surface area contributed by atoms with Crippen LogP contribution in [0.2, 0.25) is 0 Å². The second-order valence-corrected chi connectivity index (χ2v) is 8.06. The third-order valence-corrected chi connectivity index (χ3v) is 5.43. The molecule has 0 saturated carbocycles. The van der Waals surface area contributed by atoms with Crippen LogP contribution in [0.5, 0.6) is 11.5 Å². The second-order valence-electron chi connectivity index (χ2n) is 7.21. The Kier molecular flexibility index (Phi) is 8.27. The number of hydrogen-bond donors (Lipinski definition) is 2. The number of urea groups is 1. The Hall–Kier alpha value is -3.32. The minimum absolute atomic E-state index is 0.425. The maximum absolute atomic E-state index is 12.1. The van der Waals surface area contributed by atoms with Gasteiger partial charge in [-0.25, -0.2) is 10.2 Å². The van der Waals surface area contributed by atoms with Crippen LogP contribution in [0.4, 0.5) is 10.5 Å². The standard InChI is InChI=1S/C25H26BrN3O3/c1-4-31-24-14-19(8-11-23(24)32-16-20-7-5-6-17(2)12-20)15-27-29-25(30)28-21-9-10-22(26)18(3)13-21/h5-15H,4,16H2,1-3H3,(H2,28,29,30)/b27-15+. The highest BCUT2D eigenvalue weighted by molar-refractivity contribution is 9.10. The molecule has 166 valence electrons. The molecule has 32 heavy (non-hydrogen) atoms. The lowest BCUT2D eigenvalue weighted by atomic mass is 10.1. The number of halogens is 1. The molecule has 0 radical (unpaired) electrons. The normalized spacial score (nSPS) is 10.8. The SMILES string of the molecule is CCOc1cc(/C=N/NC(=O)Nc2ccc(Br)c(C)c2)ccc1OCc1cccc(C)c1. The number of benzene rings is 3. The van der Waals surface area contributed by atoms with Gasteiger partial charge in [0.15, 0.2) is 11.5 Å². The number of rotatable bonds is 8. The van der Waals surface area contributed by atoms with E-state index in [0.717, 1.165) is 21.2 Å². The molecule has 2 amide bonds. The molecule has 0 aliphatic rings. The van der Waals surface area contributed by atoms with Crippen molar-refractivity contribution in [1.82, 2.24) is 5.43 Å². The molecule has 0 aliphatic carbocycles. The third-order valence-electron chi connectivity index (χ3n) is 4.54. The Bertz CT molecular complexity index is 1120. The van der Waals surface area contributed by atoms with Gasteiger partial charge in [0.2, 0.25) is 0 Å². The van der Waals surface area contributed by atoms with E-state index in [4.69, 9.17) is 9.47 Å². The molecule has 3 rings (SSSR count). The van der Waals surface area contributed by atoms with E-state index in [2.05, 4.69) is 50.8 Å². The van der Waals surface area contributed by atoms with Crippen molar-refractivity contribution in [3.8, 4) is 11.5 Å². The molecule has 0 atom stereocenters. The summed E-state index contributed by atoms with van der Waals surface area (Å²) in [5.41, 5.74) is 7.24. The molecule has 3 aromatic carbocycles. The van der Waals surface area contributed by atoms with Crippen LogP contribution >= 0.6 is 15.9 Å². The number of carbonyl (C=O) groups excluding carboxylic acids is 1. The van der Waals surface area contributed by atoms with E-state index in [9.17, 15) is 4.79 Å². The van der Waals surface area contributed by atoms with E-state index in [0.29, 0.717) is 30.4 Å². The fourth-order valence-electron chi connectivity index (χ4n) is 3.00. The lowest BCUT2D eigenvalue weighted by Gasteiger charge is -2.13. The van der Waals surface area contributed by atoms with Gasteiger partial charge in [-0.15, -0.1) is 0 Å². The molecule has 0 unspecified atom stereocenters. The van der Waals surface area contributed by atoms with E-state index in [1.54, 1.807) is 6.21 Å². The van der Waals surface area contributed by atoms with Crippen LogP contribution < -0.4 is 20.2 Å². The minimum Gasteiger partial charge on any atom is -0.490 e. The molecule has 0 heterocycles. The molecule has 7 heteroatoms. The fraction of sp³-hybridized carbons (Fsp3) is 0.200. The largest absolute Gasteiger partial charge is 0.490 e. The monoisotopic (exact) mass is 495 g/mol. The number of nitrogens with zero attached hydrogens (tertiary/aromatic N) is 1. The minimum atomic E-state index is -0.425. The highest BCUT2D eigenvalue weighted by atomic mass is 79.9. The van der Waals surface area contributed by atoms with Gasteiger partial charge in [0.25, 0.3) is 0 Å². The molecule has 0 aromatic heterocycles. The van der Waals surface area contributed by atoms with Crippen molar-refractivity contribution in [3.05, 3.63) is 87.4 Å². The highest BCUT2D eigenvalue weighted by Crippen LogP contribution is 2.29. The second kappa shape index (κ2) is 11.3. The molecule has 0 saturated heterocycles. The average molecular weight is 496 g/mol. The maximum atomic E-state index is 12.1. The predicted molar refractivity (Wildman–Crippen MR) is 132 cm³/mol. The van der Waals surface area contributed by atoms with Crippen molar-refractivity contribution in [2.45, 2.75) is 27.4 Å². The van der Waals surface area contributed by atoms with E-state index in [-0.39, 0.29) is 0 Å². The lowest BCUT2D eigenvalue weighted by Crippen LogP contribution is -2.24. The molecular weight excluding hydrogens is 470 g/mol. The summed E-state index contributed by atoms with van der Waals surface area (Å²) in [4.78, 5) is 12.1. The Morgan fingerprint density at radius 1 is 1.03 bits per heavy atom. The smallest absolute Gasteiger partial charge is 0.339 e. The highest BCUT2D eigenvalue weighted by Gasteiger charge is 2.07. The van der Waals surface area contributed by atoms with Crippen molar-refractivity contribution < 1.29 is 14.3 Å². The molecule has 6 nitrogen and oxygen atoms in total. The predicted octanol–water partition coefficient (Wildman–Crippen LogP) is 6.20. The van der Waals surface area contributed by atoms with Gasteiger partial charge in [-0.1, -0.05) is 45.8 Å². The zero-order chi connectivity index (χ0) is 22.9. The zero-order valence-electron chi connectivity index (χ0n) is 18.3. The summed E-state index contributed by atoms with van der Waals surface area (Å²) in [5, 5.41) is 6.76. The number of hydrogen-bond acceptors (Lipinski definition) is 4. The van der Waals surface area contributed by atoms with Crippen molar-refractivity contribution >= 4 is 33.9 Å². The molecular formula is C25H26BrN3O3. The summed E-state index contributed by atoms with van der Waals surface area (Å²) < 4.78 is 12.7. The Morgan fingerprint density at radius 3 is 2.62 bits per heavy atom. The lowest BCUT2D eigenvalue weighted by molar-refractivity contribution is 0.252. The first kappa shape index (κ1) is 23.3. The van der Waals surface area contributed by atoms with Crippen LogP contribution in [-0.2, 0) is 6.61 Å². The van der Waals surface area contributed by atoms with Crippen LogP contribution in [0.1, 0.15) is 29.2 Å². The molecule has 0 aliphatic heterocycles. The zero-order valence-corrected chi connectivity index (χ0v) is 19.9. The first-order chi connectivity index (χ1) is 15.4.